The topological polar surface area (TPSA) is 38.3 Å². The van der Waals surface area contributed by atoms with Crippen LogP contribution in [0.3, 0.4) is 0 Å². The van der Waals surface area contributed by atoms with Gasteiger partial charge in [0.2, 0.25) is 0 Å². The summed E-state index contributed by atoms with van der Waals surface area (Å²) in [7, 11) is 1.27. The number of nitrogens with one attached hydrogen (secondary N) is 1. The maximum Gasteiger partial charge on any atom is 0.310 e. The second-order valence-corrected chi connectivity index (χ2v) is 5.13. The zero-order valence-electron chi connectivity index (χ0n) is 10.1. The molecule has 1 aliphatic carbocycles. The van der Waals surface area contributed by atoms with Crippen molar-refractivity contribution in [3.63, 3.8) is 0 Å². The van der Waals surface area contributed by atoms with Crippen LogP contribution in [0.2, 0.25) is 0 Å². The molecule has 2 aliphatic rings. The minimum atomic E-state index is -2.77. The lowest BCUT2D eigenvalue weighted by molar-refractivity contribution is -0.171. The van der Waals surface area contributed by atoms with E-state index in [0.29, 0.717) is 19.4 Å². The van der Waals surface area contributed by atoms with Crippen molar-refractivity contribution in [1.82, 2.24) is 5.32 Å². The number of esters is 1. The quantitative estimate of drug-likeness (QED) is 0.720. The Balaban J connectivity index is 2.32. The van der Waals surface area contributed by atoms with Crippen LogP contribution in [0.25, 0.3) is 0 Å². The molecule has 2 fully saturated rings. The average Bonchev–Trinajstić information content (AvgIpc) is 2.66. The van der Waals surface area contributed by atoms with E-state index in [1.54, 1.807) is 0 Å². The van der Waals surface area contributed by atoms with Gasteiger partial charge in [0, 0.05) is 19.5 Å². The first kappa shape index (κ1) is 12.7. The van der Waals surface area contributed by atoms with Crippen molar-refractivity contribution < 1.29 is 18.3 Å². The normalized spacial score (nSPS) is 36.8. The molecular formula is C12H19F2NO2. The highest BCUT2D eigenvalue weighted by molar-refractivity contribution is 5.74. The summed E-state index contributed by atoms with van der Waals surface area (Å²) >= 11 is 0. The summed E-state index contributed by atoms with van der Waals surface area (Å²) in [6, 6.07) is 0. The Morgan fingerprint density at radius 1 is 1.29 bits per heavy atom. The first-order valence-corrected chi connectivity index (χ1v) is 6.20. The van der Waals surface area contributed by atoms with Crippen LogP contribution < -0.4 is 5.32 Å². The Morgan fingerprint density at radius 2 is 2.00 bits per heavy atom. The van der Waals surface area contributed by atoms with E-state index in [9.17, 15) is 13.6 Å². The van der Waals surface area contributed by atoms with Gasteiger partial charge in [-0.2, -0.15) is 0 Å². The number of halogens is 2. The van der Waals surface area contributed by atoms with Crippen LogP contribution in [-0.2, 0) is 9.53 Å². The van der Waals surface area contributed by atoms with Gasteiger partial charge in [0.25, 0.3) is 5.92 Å². The molecule has 2 rings (SSSR count). The van der Waals surface area contributed by atoms with Crippen molar-refractivity contribution in [3.8, 4) is 0 Å². The van der Waals surface area contributed by atoms with Gasteiger partial charge in [-0.25, -0.2) is 8.78 Å². The largest absolute Gasteiger partial charge is 0.469 e. The Morgan fingerprint density at radius 3 is 2.71 bits per heavy atom. The highest BCUT2D eigenvalue weighted by Gasteiger charge is 2.62. The number of hydrogen-bond donors (Lipinski definition) is 1. The molecule has 1 saturated carbocycles. The molecule has 0 aromatic carbocycles. The standard InChI is InChI=1S/C12H19F2NO2/c1-17-10(16)9-7-15-8-11(9)5-3-2-4-6-12(11,13)14/h9,15H,2-8H2,1H3. The molecule has 0 bridgehead atoms. The van der Waals surface area contributed by atoms with E-state index < -0.39 is 23.2 Å². The van der Waals surface area contributed by atoms with Crippen LogP contribution in [0.15, 0.2) is 0 Å². The van der Waals surface area contributed by atoms with Gasteiger partial charge in [0.1, 0.15) is 0 Å². The SMILES string of the molecule is COC(=O)C1CNCC12CCCCCC2(F)F. The van der Waals surface area contributed by atoms with Crippen LogP contribution in [0, 0.1) is 11.3 Å². The third kappa shape index (κ3) is 1.94. The molecule has 5 heteroatoms. The summed E-state index contributed by atoms with van der Waals surface area (Å²) in [4.78, 5) is 11.7. The monoisotopic (exact) mass is 247 g/mol. The minimum Gasteiger partial charge on any atom is -0.469 e. The smallest absolute Gasteiger partial charge is 0.310 e. The molecule has 1 N–H and O–H groups in total. The van der Waals surface area contributed by atoms with Gasteiger partial charge < -0.3 is 10.1 Å². The number of methoxy groups -OCH3 is 1. The molecule has 0 radical (unpaired) electrons. The van der Waals surface area contributed by atoms with Gasteiger partial charge in [-0.15, -0.1) is 0 Å². The van der Waals surface area contributed by atoms with E-state index in [1.807, 2.05) is 0 Å². The molecule has 2 atom stereocenters. The Hall–Kier alpha value is -0.710. The van der Waals surface area contributed by atoms with E-state index in [2.05, 4.69) is 10.1 Å². The highest BCUT2D eigenvalue weighted by atomic mass is 19.3. The summed E-state index contributed by atoms with van der Waals surface area (Å²) in [5, 5.41) is 2.95. The fraction of sp³-hybridized carbons (Fsp3) is 0.917. The molecule has 98 valence electrons. The number of ether oxygens (including phenoxy) is 1. The Kier molecular flexibility index (Phi) is 3.39. The predicted molar refractivity (Wildman–Crippen MR) is 58.8 cm³/mol. The molecule has 2 unspecified atom stereocenters. The van der Waals surface area contributed by atoms with E-state index in [1.165, 1.54) is 7.11 Å². The molecule has 1 aliphatic heterocycles. The molecule has 3 nitrogen and oxygen atoms in total. The number of alkyl halides is 2. The number of carbonyl (C=O) groups excluding carboxylic acids is 1. The maximum atomic E-state index is 14.3. The molecule has 17 heavy (non-hydrogen) atoms. The zero-order chi connectivity index (χ0) is 12.5. The molecule has 1 saturated heterocycles. The third-order valence-electron chi connectivity index (χ3n) is 4.28. The average molecular weight is 247 g/mol. The van der Waals surface area contributed by atoms with Crippen molar-refractivity contribution >= 4 is 5.97 Å². The lowest BCUT2D eigenvalue weighted by atomic mass is 9.69. The van der Waals surface area contributed by atoms with Gasteiger partial charge in [-0.1, -0.05) is 12.8 Å². The van der Waals surface area contributed by atoms with Crippen molar-refractivity contribution in [2.45, 2.75) is 38.0 Å². The predicted octanol–water partition coefficient (Wildman–Crippen LogP) is 1.96. The molecule has 0 aromatic rings. The first-order chi connectivity index (χ1) is 8.03. The molecule has 1 spiro atoms. The van der Waals surface area contributed by atoms with Crippen LogP contribution in [0.4, 0.5) is 8.78 Å². The van der Waals surface area contributed by atoms with Crippen molar-refractivity contribution in [3.05, 3.63) is 0 Å². The summed E-state index contributed by atoms with van der Waals surface area (Å²) in [6.45, 7) is 0.530. The van der Waals surface area contributed by atoms with E-state index in [0.717, 1.165) is 12.8 Å². The van der Waals surface area contributed by atoms with E-state index in [4.69, 9.17) is 0 Å². The molecular weight excluding hydrogens is 228 g/mol. The zero-order valence-corrected chi connectivity index (χ0v) is 10.1. The lowest BCUT2D eigenvalue weighted by Gasteiger charge is -2.39. The van der Waals surface area contributed by atoms with Gasteiger partial charge >= 0.3 is 5.97 Å². The summed E-state index contributed by atoms with van der Waals surface area (Å²) in [5.74, 6) is -3.98. The number of carbonyl (C=O) groups is 1. The van der Waals surface area contributed by atoms with Crippen molar-refractivity contribution in [2.75, 3.05) is 20.2 Å². The maximum absolute atomic E-state index is 14.3. The van der Waals surface area contributed by atoms with Crippen LogP contribution in [0.5, 0.6) is 0 Å². The van der Waals surface area contributed by atoms with Crippen LogP contribution in [0.1, 0.15) is 32.1 Å². The van der Waals surface area contributed by atoms with Gasteiger partial charge in [-0.05, 0) is 12.8 Å². The van der Waals surface area contributed by atoms with Gasteiger partial charge in [0.15, 0.2) is 0 Å². The molecule has 0 amide bonds. The summed E-state index contributed by atoms with van der Waals surface area (Å²) in [5.41, 5.74) is -1.23. The van der Waals surface area contributed by atoms with Crippen molar-refractivity contribution in [1.29, 1.82) is 0 Å². The number of rotatable bonds is 1. The van der Waals surface area contributed by atoms with E-state index >= 15 is 0 Å². The Bertz CT molecular complexity index is 309. The van der Waals surface area contributed by atoms with Crippen LogP contribution >= 0.6 is 0 Å². The lowest BCUT2D eigenvalue weighted by Crippen LogP contribution is -2.49. The highest BCUT2D eigenvalue weighted by Crippen LogP contribution is 2.53. The molecule has 1 heterocycles. The molecule has 0 aromatic heterocycles. The van der Waals surface area contributed by atoms with Gasteiger partial charge in [-0.3, -0.25) is 4.79 Å². The van der Waals surface area contributed by atoms with Crippen LogP contribution in [-0.4, -0.2) is 32.1 Å². The second-order valence-electron chi connectivity index (χ2n) is 5.13. The van der Waals surface area contributed by atoms with Crippen molar-refractivity contribution in [2.24, 2.45) is 11.3 Å². The summed E-state index contributed by atoms with van der Waals surface area (Å²) in [6.07, 6.45) is 2.44. The third-order valence-corrected chi connectivity index (χ3v) is 4.28. The fourth-order valence-corrected chi connectivity index (χ4v) is 3.25. The number of hydrogen-bond acceptors (Lipinski definition) is 3. The second kappa shape index (κ2) is 4.52. The van der Waals surface area contributed by atoms with E-state index in [-0.39, 0.29) is 13.0 Å². The fourth-order valence-electron chi connectivity index (χ4n) is 3.25. The Labute approximate surface area is 99.9 Å². The first-order valence-electron chi connectivity index (χ1n) is 6.20. The summed E-state index contributed by atoms with van der Waals surface area (Å²) < 4.78 is 33.3. The van der Waals surface area contributed by atoms with Gasteiger partial charge in [0.05, 0.1) is 18.4 Å². The minimum absolute atomic E-state index is 0.109.